The average Bonchev–Trinajstić information content (AvgIpc) is 1.59. The molecule has 0 saturated heterocycles. The summed E-state index contributed by atoms with van der Waals surface area (Å²) in [7, 11) is 0. The van der Waals surface area contributed by atoms with Crippen LogP contribution in [0.3, 0.4) is 0 Å². The minimum atomic E-state index is 0.663. The average molecular weight is 1830 g/mol. The molecule has 10 aromatic heterocycles. The van der Waals surface area contributed by atoms with Crippen LogP contribution in [-0.2, 0) is 0 Å². The third-order valence-electron chi connectivity index (χ3n) is 26.7. The molecule has 139 heavy (non-hydrogen) atoms. The number of furan rings is 3. The van der Waals surface area contributed by atoms with E-state index in [0.717, 1.165) is 191 Å². The molecule has 0 aliphatic heterocycles. The number of nitrogens with zero attached hydrogens (tertiary/aromatic N) is 7. The normalized spacial score (nSPS) is 11.7. The minimum Gasteiger partial charge on any atom is -0.456 e. The van der Waals surface area contributed by atoms with Crippen molar-refractivity contribution in [3.05, 3.63) is 455 Å². The zero-order valence-electron chi connectivity index (χ0n) is 74.4. The molecule has 0 amide bonds. The van der Waals surface area contributed by atoms with E-state index in [1.807, 2.05) is 60.7 Å². The first-order valence-corrected chi connectivity index (χ1v) is 48.8. The van der Waals surface area contributed by atoms with Crippen molar-refractivity contribution in [2.75, 3.05) is 0 Å². The number of hydrogen-bond acceptors (Lipinski definition) is 12. The highest BCUT2D eigenvalue weighted by molar-refractivity contribution is 7.27. The molecule has 0 atom stereocenters. The van der Waals surface area contributed by atoms with Crippen LogP contribution in [0.1, 0.15) is 0 Å². The Morgan fingerprint density at radius 1 is 0.180 bits per heavy atom. The molecule has 0 N–H and O–H groups in total. The molecule has 29 aromatic rings. The quantitative estimate of drug-likeness (QED) is 0.118. The summed E-state index contributed by atoms with van der Waals surface area (Å²) in [5.41, 5.74) is 32.1. The molecule has 0 aliphatic carbocycles. The summed E-state index contributed by atoms with van der Waals surface area (Å²) >= 11 is 5.27. The second kappa shape index (κ2) is 33.7. The van der Waals surface area contributed by atoms with Gasteiger partial charge in [0.2, 0.25) is 5.95 Å². The standard InChI is InChI=1S/C46H28N2OS.C40H25N3S.C40H22N2O2S/c1-4-13-29(14-5-1)32-23-24-37-41(28-32)50-45-43(37)47-46(48-44(45)38-20-12-22-40-42(38)36-19-10-11-21-39(36)49-40)35-26-33(30-15-6-2-7-16-30)25-34(27-35)31-17-8-3-9-18-31;1-3-11-26(12-4-1)28-19-21-29(22-20-28)37-39-38(33-24-23-30(25-36(33)44-39)27-13-5-2-6-14-27)42-40(41-37)43-34-17-9-7-15-31(34)32-16-8-10-18-35(32)43;1-2-9-23(10-3-1)24-17-20-29-35(22-24)45-39-37(29)41-40(25-18-19-27-26-11-4-6-14-31(26)44-34(27)21-25)42-38(39)30-13-8-16-33-36(30)28-12-5-7-15-32(28)43-33/h1-28H;1-25H;1-22H. The van der Waals surface area contributed by atoms with Crippen molar-refractivity contribution >= 4 is 183 Å². The van der Waals surface area contributed by atoms with Crippen LogP contribution in [0.5, 0.6) is 0 Å². The Bertz CT molecular complexity index is 9790. The van der Waals surface area contributed by atoms with E-state index < -0.39 is 0 Å². The van der Waals surface area contributed by atoms with E-state index >= 15 is 0 Å². The van der Waals surface area contributed by atoms with Crippen molar-refractivity contribution in [3.8, 4) is 129 Å². The van der Waals surface area contributed by atoms with Crippen LogP contribution in [0.2, 0.25) is 0 Å². The lowest BCUT2D eigenvalue weighted by Gasteiger charge is -2.12. The molecule has 0 fully saturated rings. The van der Waals surface area contributed by atoms with Gasteiger partial charge in [0, 0.05) is 101 Å². The van der Waals surface area contributed by atoms with Gasteiger partial charge >= 0.3 is 0 Å². The number of benzene rings is 19. The van der Waals surface area contributed by atoms with Crippen molar-refractivity contribution in [3.63, 3.8) is 0 Å². The Morgan fingerprint density at radius 2 is 0.489 bits per heavy atom. The number of fused-ring (bicyclic) bond motifs is 21. The largest absolute Gasteiger partial charge is 0.456 e. The van der Waals surface area contributed by atoms with E-state index in [1.165, 1.54) is 69.4 Å². The van der Waals surface area contributed by atoms with Crippen LogP contribution in [0.15, 0.2) is 468 Å². The second-order valence-corrected chi connectivity index (χ2v) is 38.1. The van der Waals surface area contributed by atoms with Crippen LogP contribution < -0.4 is 0 Å². The zero-order chi connectivity index (χ0) is 91.5. The molecule has 0 saturated carbocycles. The summed E-state index contributed by atoms with van der Waals surface area (Å²) in [5.74, 6) is 2.04. The van der Waals surface area contributed by atoms with E-state index in [9.17, 15) is 0 Å². The lowest BCUT2D eigenvalue weighted by molar-refractivity contribution is 0.668. The van der Waals surface area contributed by atoms with Crippen LogP contribution in [-0.4, -0.2) is 34.5 Å². The molecule has 13 heteroatoms. The number of hydrogen-bond donors (Lipinski definition) is 0. The van der Waals surface area contributed by atoms with Crippen molar-refractivity contribution in [2.45, 2.75) is 0 Å². The molecule has 0 aliphatic rings. The van der Waals surface area contributed by atoms with E-state index in [4.69, 9.17) is 43.2 Å². The first-order valence-electron chi connectivity index (χ1n) is 46.4. The topological polar surface area (TPSA) is 122 Å². The summed E-state index contributed by atoms with van der Waals surface area (Å²) in [4.78, 5) is 32.1. The molecule has 650 valence electrons. The van der Waals surface area contributed by atoms with Gasteiger partial charge in [-0.25, -0.2) is 29.9 Å². The van der Waals surface area contributed by atoms with Gasteiger partial charge in [-0.2, -0.15) is 0 Å². The molecule has 29 rings (SSSR count). The fourth-order valence-electron chi connectivity index (χ4n) is 20.0. The second-order valence-electron chi connectivity index (χ2n) is 34.9. The van der Waals surface area contributed by atoms with Gasteiger partial charge < -0.3 is 13.3 Å². The lowest BCUT2D eigenvalue weighted by Crippen LogP contribution is -2.02. The van der Waals surface area contributed by atoms with Crippen LogP contribution in [0.25, 0.3) is 278 Å². The van der Waals surface area contributed by atoms with E-state index in [-0.39, 0.29) is 0 Å². The van der Waals surface area contributed by atoms with Gasteiger partial charge in [-0.1, -0.05) is 364 Å². The smallest absolute Gasteiger partial charge is 0.235 e. The van der Waals surface area contributed by atoms with Gasteiger partial charge in [0.15, 0.2) is 11.6 Å². The van der Waals surface area contributed by atoms with Crippen molar-refractivity contribution in [1.82, 2.24) is 34.5 Å². The van der Waals surface area contributed by atoms with E-state index in [0.29, 0.717) is 17.6 Å². The number of aromatic nitrogens is 7. The summed E-state index contributed by atoms with van der Waals surface area (Å²) in [6, 6.07) is 159. The summed E-state index contributed by atoms with van der Waals surface area (Å²) < 4.78 is 27.9. The predicted octanol–water partition coefficient (Wildman–Crippen LogP) is 35.7. The van der Waals surface area contributed by atoms with Gasteiger partial charge in [0.25, 0.3) is 0 Å². The molecule has 0 bridgehead atoms. The Labute approximate surface area is 808 Å². The zero-order valence-corrected chi connectivity index (χ0v) is 76.8. The van der Waals surface area contributed by atoms with Gasteiger partial charge in [0.05, 0.1) is 58.8 Å². The molecular weight excluding hydrogens is 1760 g/mol. The van der Waals surface area contributed by atoms with E-state index in [2.05, 4.69) is 399 Å². The van der Waals surface area contributed by atoms with Crippen molar-refractivity contribution in [2.24, 2.45) is 0 Å². The van der Waals surface area contributed by atoms with Crippen LogP contribution in [0, 0.1) is 0 Å². The maximum Gasteiger partial charge on any atom is 0.235 e. The first-order chi connectivity index (χ1) is 68.9. The molecule has 0 unspecified atom stereocenters. The van der Waals surface area contributed by atoms with Gasteiger partial charge in [-0.05, 0) is 158 Å². The maximum absolute atomic E-state index is 6.35. The van der Waals surface area contributed by atoms with Crippen molar-refractivity contribution < 1.29 is 13.3 Å². The van der Waals surface area contributed by atoms with Gasteiger partial charge in [-0.15, -0.1) is 34.0 Å². The SMILES string of the molecule is c1ccc(-c2cc(-c3ccccc3)cc(-c3nc(-c4cccc5oc6ccccc6c45)c4sc5cc(-c6ccccc6)ccc5c4n3)c2)cc1.c1ccc(-c2ccc(-c3nc(-n4c5ccccc5c5ccccc54)nc4c3sc3cc(-c5ccccc5)ccc34)cc2)cc1.c1ccc(-c2ccc3c(c2)sc2c(-c4cccc5oc6ccccc6c45)nc(-c4ccc5c(c4)oc4ccccc45)nc23)cc1. The summed E-state index contributed by atoms with van der Waals surface area (Å²) in [6.07, 6.45) is 0. The Hall–Kier alpha value is -17.7. The molecular formula is C126H75N7O3S3. The lowest BCUT2D eigenvalue weighted by atomic mass is 9.95. The predicted molar refractivity (Wildman–Crippen MR) is 581 cm³/mol. The number of para-hydroxylation sites is 5. The third kappa shape index (κ3) is 14.3. The molecule has 10 nitrogen and oxygen atoms in total. The fourth-order valence-corrected chi connectivity index (χ4v) is 23.6. The van der Waals surface area contributed by atoms with Gasteiger partial charge in [-0.3, -0.25) is 4.57 Å². The number of rotatable bonds is 12. The van der Waals surface area contributed by atoms with Crippen LogP contribution >= 0.6 is 34.0 Å². The molecule has 0 spiro atoms. The highest BCUT2D eigenvalue weighted by Gasteiger charge is 2.27. The number of thiophene rings is 3. The molecule has 19 aromatic carbocycles. The Kier molecular flexibility index (Phi) is 19.6. The third-order valence-corrected chi connectivity index (χ3v) is 30.1. The van der Waals surface area contributed by atoms with Crippen molar-refractivity contribution in [1.29, 1.82) is 0 Å². The highest BCUT2D eigenvalue weighted by Crippen LogP contribution is 2.50. The Balaban J connectivity index is 0.000000105. The van der Waals surface area contributed by atoms with E-state index in [1.54, 1.807) is 34.0 Å². The minimum absolute atomic E-state index is 0.663. The summed E-state index contributed by atoms with van der Waals surface area (Å²) in [5, 5.41) is 12.3. The first kappa shape index (κ1) is 80.9. The highest BCUT2D eigenvalue weighted by atomic mass is 32.1. The maximum atomic E-state index is 6.35. The molecule has 10 heterocycles. The van der Waals surface area contributed by atoms with Gasteiger partial charge in [0.1, 0.15) is 33.5 Å². The Morgan fingerprint density at radius 3 is 0.942 bits per heavy atom. The summed E-state index contributed by atoms with van der Waals surface area (Å²) in [6.45, 7) is 0. The monoisotopic (exact) mass is 1830 g/mol. The van der Waals surface area contributed by atoms with Crippen LogP contribution in [0.4, 0.5) is 0 Å². The molecule has 0 radical (unpaired) electrons. The fraction of sp³-hybridized carbons (Fsp3) is 0.